The van der Waals surface area contributed by atoms with E-state index in [4.69, 9.17) is 11.6 Å². The summed E-state index contributed by atoms with van der Waals surface area (Å²) in [5, 5.41) is 11.0. The monoisotopic (exact) mass is 403 g/mol. The van der Waals surface area contributed by atoms with E-state index in [1.165, 1.54) is 17.1 Å². The molecule has 1 saturated carbocycles. The summed E-state index contributed by atoms with van der Waals surface area (Å²) in [4.78, 5) is 34.3. The molecule has 3 N–H and O–H groups in total. The van der Waals surface area contributed by atoms with Gasteiger partial charge in [-0.25, -0.2) is 14.6 Å². The largest absolute Gasteiger partial charge is 0.373 e. The number of halogens is 1. The Morgan fingerprint density at radius 1 is 1.14 bits per heavy atom. The van der Waals surface area contributed by atoms with E-state index >= 15 is 0 Å². The molecule has 0 radical (unpaired) electrons. The van der Waals surface area contributed by atoms with Crippen LogP contribution in [0, 0.1) is 0 Å². The minimum absolute atomic E-state index is 0.148. The fourth-order valence-corrected chi connectivity index (χ4v) is 4.26. The van der Waals surface area contributed by atoms with Crippen LogP contribution in [0.2, 0.25) is 5.02 Å². The van der Waals surface area contributed by atoms with Crippen LogP contribution in [0.5, 0.6) is 0 Å². The molecule has 148 valence electrons. The molecule has 0 aromatic carbocycles. The molecule has 28 heavy (non-hydrogen) atoms. The molecule has 1 spiro atoms. The van der Waals surface area contributed by atoms with E-state index in [0.717, 1.165) is 32.1 Å². The third-order valence-corrected chi connectivity index (χ3v) is 5.77. The summed E-state index contributed by atoms with van der Waals surface area (Å²) in [6.07, 6.45) is 6.07. The van der Waals surface area contributed by atoms with Gasteiger partial charge in [-0.3, -0.25) is 14.6 Å². The van der Waals surface area contributed by atoms with Crippen LogP contribution in [0.3, 0.4) is 0 Å². The number of anilines is 3. The number of hydrogen-bond donors (Lipinski definition) is 3. The van der Waals surface area contributed by atoms with Crippen molar-refractivity contribution in [2.45, 2.75) is 37.8 Å². The Morgan fingerprint density at radius 2 is 1.86 bits per heavy atom. The fourth-order valence-electron chi connectivity index (χ4n) is 3.98. The first-order valence-corrected chi connectivity index (χ1v) is 9.62. The fraction of sp³-hybridized carbons (Fsp3) is 0.444. The Kier molecular flexibility index (Phi) is 4.62. The lowest BCUT2D eigenvalue weighted by Crippen LogP contribution is -2.70. The molecule has 0 saturated heterocycles. The summed E-state index contributed by atoms with van der Waals surface area (Å²) in [5.41, 5.74) is -0.537. The van der Waals surface area contributed by atoms with Gasteiger partial charge in [0.05, 0.1) is 5.02 Å². The Bertz CT molecular complexity index is 984. The second-order valence-corrected chi connectivity index (χ2v) is 7.51. The highest BCUT2D eigenvalue weighted by molar-refractivity contribution is 6.34. The molecule has 1 aliphatic heterocycles. The number of carbonyl (C=O) groups excluding carboxylic acids is 1. The third-order valence-electron chi connectivity index (χ3n) is 5.48. The van der Waals surface area contributed by atoms with Gasteiger partial charge in [-0.15, -0.1) is 0 Å². The molecule has 0 bridgehead atoms. The van der Waals surface area contributed by atoms with Gasteiger partial charge in [-0.2, -0.15) is 0 Å². The number of pyridine rings is 1. The maximum Gasteiger partial charge on any atom is 0.293 e. The van der Waals surface area contributed by atoms with Gasteiger partial charge >= 0.3 is 0 Å². The minimum Gasteiger partial charge on any atom is -0.373 e. The molecule has 4 rings (SSSR count). The lowest BCUT2D eigenvalue weighted by atomic mass is 9.87. The topological polar surface area (TPSA) is 104 Å². The summed E-state index contributed by atoms with van der Waals surface area (Å²) in [6.45, 7) is 0. The van der Waals surface area contributed by atoms with Crippen LogP contribution in [0.15, 0.2) is 23.3 Å². The highest BCUT2D eigenvalue weighted by Gasteiger charge is 2.44. The second kappa shape index (κ2) is 6.97. The summed E-state index contributed by atoms with van der Waals surface area (Å²) in [7, 11) is 3.56. The number of rotatable bonds is 3. The average Bonchev–Trinajstić information content (AvgIpc) is 2.69. The molecule has 1 fully saturated rings. The number of fused-ring (bicyclic) bond motifs is 1. The quantitative estimate of drug-likeness (QED) is 0.720. The van der Waals surface area contributed by atoms with Crippen molar-refractivity contribution in [2.24, 2.45) is 0 Å². The maximum absolute atomic E-state index is 13.3. The Hall–Kier alpha value is -2.81. The zero-order chi connectivity index (χ0) is 19.9. The molecule has 2 aromatic heterocycles. The zero-order valence-corrected chi connectivity index (χ0v) is 16.5. The third kappa shape index (κ3) is 2.95. The van der Waals surface area contributed by atoms with Crippen molar-refractivity contribution in [3.05, 3.63) is 39.5 Å². The van der Waals surface area contributed by atoms with Crippen LogP contribution < -0.4 is 26.5 Å². The zero-order valence-electron chi connectivity index (χ0n) is 15.8. The van der Waals surface area contributed by atoms with Gasteiger partial charge < -0.3 is 16.0 Å². The number of nitrogens with one attached hydrogen (secondary N) is 3. The summed E-state index contributed by atoms with van der Waals surface area (Å²) >= 11 is 6.40. The van der Waals surface area contributed by atoms with Gasteiger partial charge in [0.2, 0.25) is 0 Å². The lowest BCUT2D eigenvalue weighted by molar-refractivity contribution is 0.0775. The molecule has 2 aromatic rings. The van der Waals surface area contributed by atoms with E-state index in [0.29, 0.717) is 11.6 Å². The summed E-state index contributed by atoms with van der Waals surface area (Å²) in [6, 6.07) is 3.14. The number of hydrogen-bond acceptors (Lipinski definition) is 7. The standard InChI is InChI=1S/C18H22ClN7O2/c1-20-13-9-14(22-10-21-13)23-12-8-11(19)15-16(27)24-18(6-4-3-5-7-18)25(2)26(15)17(12)28/h8-10H,3-7H2,1-2H3,(H,24,27)(H2,20,21,22,23). The summed E-state index contributed by atoms with van der Waals surface area (Å²) < 4.78 is 1.38. The van der Waals surface area contributed by atoms with E-state index in [-0.39, 0.29) is 27.9 Å². The molecule has 9 nitrogen and oxygen atoms in total. The molecular weight excluding hydrogens is 382 g/mol. The number of aromatic nitrogens is 3. The van der Waals surface area contributed by atoms with Crippen LogP contribution in [0.25, 0.3) is 0 Å². The van der Waals surface area contributed by atoms with Gasteiger partial charge in [-0.05, 0) is 31.7 Å². The predicted molar refractivity (Wildman–Crippen MR) is 108 cm³/mol. The highest BCUT2D eigenvalue weighted by Crippen LogP contribution is 2.34. The first kappa shape index (κ1) is 18.5. The van der Waals surface area contributed by atoms with Crippen molar-refractivity contribution >= 4 is 34.8 Å². The molecule has 2 aliphatic rings. The molecule has 3 heterocycles. The SMILES string of the molecule is CNc1cc(Nc2cc(Cl)c3n(c2=O)N(C)C2(CCCCC2)NC3=O)ncn1. The van der Waals surface area contributed by atoms with Gasteiger partial charge in [0.1, 0.15) is 35.0 Å². The van der Waals surface area contributed by atoms with Gasteiger partial charge in [0.25, 0.3) is 11.5 Å². The van der Waals surface area contributed by atoms with Crippen LogP contribution in [0.4, 0.5) is 17.3 Å². The van der Waals surface area contributed by atoms with Crippen molar-refractivity contribution in [1.82, 2.24) is 20.0 Å². The van der Waals surface area contributed by atoms with Crippen LogP contribution in [-0.2, 0) is 0 Å². The van der Waals surface area contributed by atoms with Gasteiger partial charge in [0, 0.05) is 20.2 Å². The van der Waals surface area contributed by atoms with E-state index in [1.807, 2.05) is 12.1 Å². The van der Waals surface area contributed by atoms with Crippen LogP contribution in [-0.4, -0.2) is 40.3 Å². The van der Waals surface area contributed by atoms with Crippen molar-refractivity contribution in [3.8, 4) is 0 Å². The van der Waals surface area contributed by atoms with Gasteiger partial charge in [0.15, 0.2) is 0 Å². The molecule has 1 amide bonds. The molecule has 10 heteroatoms. The second-order valence-electron chi connectivity index (χ2n) is 7.10. The summed E-state index contributed by atoms with van der Waals surface area (Å²) in [5.74, 6) is 0.732. The van der Waals surface area contributed by atoms with E-state index < -0.39 is 5.66 Å². The average molecular weight is 404 g/mol. The van der Waals surface area contributed by atoms with E-state index in [9.17, 15) is 9.59 Å². The number of nitrogens with zero attached hydrogens (tertiary/aromatic N) is 4. The Morgan fingerprint density at radius 3 is 2.57 bits per heavy atom. The molecule has 0 atom stereocenters. The smallest absolute Gasteiger partial charge is 0.293 e. The van der Waals surface area contributed by atoms with Crippen molar-refractivity contribution in [2.75, 3.05) is 29.7 Å². The Labute approximate surface area is 167 Å². The van der Waals surface area contributed by atoms with E-state index in [1.54, 1.807) is 13.1 Å². The predicted octanol–water partition coefficient (Wildman–Crippen LogP) is 2.05. The van der Waals surface area contributed by atoms with E-state index in [2.05, 4.69) is 25.9 Å². The van der Waals surface area contributed by atoms with Crippen LogP contribution >= 0.6 is 11.6 Å². The highest BCUT2D eigenvalue weighted by atomic mass is 35.5. The lowest BCUT2D eigenvalue weighted by Gasteiger charge is -2.49. The Balaban J connectivity index is 1.79. The molecule has 0 unspecified atom stereocenters. The molecular formula is C18H22ClN7O2. The van der Waals surface area contributed by atoms with Gasteiger partial charge in [-0.1, -0.05) is 18.0 Å². The normalized spacial score (nSPS) is 17.8. The minimum atomic E-state index is -0.567. The maximum atomic E-state index is 13.3. The number of amides is 1. The number of carbonyl (C=O) groups is 1. The first-order chi connectivity index (χ1) is 13.4. The van der Waals surface area contributed by atoms with Crippen molar-refractivity contribution in [3.63, 3.8) is 0 Å². The molecule has 1 aliphatic carbocycles. The first-order valence-electron chi connectivity index (χ1n) is 9.24. The van der Waals surface area contributed by atoms with Crippen LogP contribution in [0.1, 0.15) is 42.6 Å². The van der Waals surface area contributed by atoms with Crippen molar-refractivity contribution in [1.29, 1.82) is 0 Å². The van der Waals surface area contributed by atoms with Crippen molar-refractivity contribution < 1.29 is 4.79 Å².